The normalized spacial score (nSPS) is 11.2. The molecule has 0 aliphatic rings. The van der Waals surface area contributed by atoms with Gasteiger partial charge in [-0.1, -0.05) is 53.4 Å². The standard InChI is InChI=1S/C16H30O2/c1-13(2)9-5-7-11-15(17)16(18)12-8-6-10-14(3)4/h13-14H,5-12H2,1-4H3. The molecule has 0 saturated heterocycles. The highest BCUT2D eigenvalue weighted by Crippen LogP contribution is 2.11. The molecule has 106 valence electrons. The summed E-state index contributed by atoms with van der Waals surface area (Å²) in [6.07, 6.45) is 7.06. The Balaban J connectivity index is 3.55. The van der Waals surface area contributed by atoms with Crippen molar-refractivity contribution in [2.75, 3.05) is 0 Å². The number of unbranched alkanes of at least 4 members (excludes halogenated alkanes) is 2. The van der Waals surface area contributed by atoms with Gasteiger partial charge in [0.05, 0.1) is 0 Å². The van der Waals surface area contributed by atoms with Crippen LogP contribution in [0.4, 0.5) is 0 Å². The summed E-state index contributed by atoms with van der Waals surface area (Å²) < 4.78 is 0. The first-order valence-electron chi connectivity index (χ1n) is 7.49. The van der Waals surface area contributed by atoms with Crippen molar-refractivity contribution >= 4 is 11.6 Å². The first kappa shape index (κ1) is 17.3. The molecule has 0 N–H and O–H groups in total. The molecule has 0 aliphatic heterocycles. The van der Waals surface area contributed by atoms with Crippen molar-refractivity contribution in [3.63, 3.8) is 0 Å². The van der Waals surface area contributed by atoms with Crippen molar-refractivity contribution < 1.29 is 9.59 Å². The summed E-state index contributed by atoms with van der Waals surface area (Å²) in [6.45, 7) is 8.73. The van der Waals surface area contributed by atoms with E-state index in [4.69, 9.17) is 0 Å². The predicted molar refractivity (Wildman–Crippen MR) is 76.6 cm³/mol. The maximum absolute atomic E-state index is 11.6. The van der Waals surface area contributed by atoms with Crippen LogP contribution in [0.1, 0.15) is 79.1 Å². The van der Waals surface area contributed by atoms with Gasteiger partial charge >= 0.3 is 0 Å². The molecule has 0 aromatic heterocycles. The fraction of sp³-hybridized carbons (Fsp3) is 0.875. The first-order chi connectivity index (χ1) is 8.43. The topological polar surface area (TPSA) is 34.1 Å². The Hall–Kier alpha value is -0.660. The molecule has 0 heterocycles. The maximum Gasteiger partial charge on any atom is 0.198 e. The molecular weight excluding hydrogens is 224 g/mol. The van der Waals surface area contributed by atoms with Crippen molar-refractivity contribution in [2.45, 2.75) is 79.1 Å². The van der Waals surface area contributed by atoms with Crippen LogP contribution in [0.15, 0.2) is 0 Å². The van der Waals surface area contributed by atoms with Gasteiger partial charge in [-0.2, -0.15) is 0 Å². The second kappa shape index (κ2) is 10.3. The highest BCUT2D eigenvalue weighted by atomic mass is 16.2. The van der Waals surface area contributed by atoms with Crippen molar-refractivity contribution in [3.8, 4) is 0 Å². The molecule has 0 bridgehead atoms. The molecule has 0 fully saturated rings. The third-order valence-corrected chi connectivity index (χ3v) is 3.18. The van der Waals surface area contributed by atoms with Gasteiger partial charge in [-0.25, -0.2) is 0 Å². The minimum atomic E-state index is -0.150. The third kappa shape index (κ3) is 10.5. The second-order valence-electron chi connectivity index (χ2n) is 6.13. The number of hydrogen-bond acceptors (Lipinski definition) is 2. The molecule has 0 aliphatic carbocycles. The molecule has 2 nitrogen and oxygen atoms in total. The van der Waals surface area contributed by atoms with E-state index in [1.807, 2.05) is 0 Å². The van der Waals surface area contributed by atoms with E-state index in [0.29, 0.717) is 24.7 Å². The van der Waals surface area contributed by atoms with Gasteiger partial charge in [-0.15, -0.1) is 0 Å². The summed E-state index contributed by atoms with van der Waals surface area (Å²) in [5.41, 5.74) is 0. The van der Waals surface area contributed by atoms with Crippen LogP contribution in [0.2, 0.25) is 0 Å². The van der Waals surface area contributed by atoms with Crippen molar-refractivity contribution in [1.82, 2.24) is 0 Å². The maximum atomic E-state index is 11.6. The van der Waals surface area contributed by atoms with Crippen LogP contribution in [0.25, 0.3) is 0 Å². The number of rotatable bonds is 11. The molecular formula is C16H30O2. The Bertz CT molecular complexity index is 215. The monoisotopic (exact) mass is 254 g/mol. The molecule has 0 spiro atoms. The van der Waals surface area contributed by atoms with E-state index in [2.05, 4.69) is 27.7 Å². The number of carbonyl (C=O) groups excluding carboxylic acids is 2. The van der Waals surface area contributed by atoms with E-state index in [-0.39, 0.29) is 11.6 Å². The highest BCUT2D eigenvalue weighted by molar-refractivity contribution is 6.37. The largest absolute Gasteiger partial charge is 0.291 e. The Morgan fingerprint density at radius 1 is 0.667 bits per heavy atom. The molecule has 0 atom stereocenters. The zero-order chi connectivity index (χ0) is 14.0. The van der Waals surface area contributed by atoms with Gasteiger partial charge in [0.2, 0.25) is 0 Å². The number of ketones is 2. The lowest BCUT2D eigenvalue weighted by Crippen LogP contribution is -2.13. The van der Waals surface area contributed by atoms with E-state index < -0.39 is 0 Å². The van der Waals surface area contributed by atoms with Gasteiger partial charge in [0.25, 0.3) is 0 Å². The molecule has 0 rings (SSSR count). The van der Waals surface area contributed by atoms with E-state index in [1.165, 1.54) is 0 Å². The molecule has 0 aromatic rings. The summed E-state index contributed by atoms with van der Waals surface area (Å²) in [5, 5.41) is 0. The van der Waals surface area contributed by atoms with Crippen LogP contribution in [-0.2, 0) is 9.59 Å². The smallest absolute Gasteiger partial charge is 0.198 e. The lowest BCUT2D eigenvalue weighted by atomic mass is 10.00. The van der Waals surface area contributed by atoms with E-state index in [9.17, 15) is 9.59 Å². The average molecular weight is 254 g/mol. The van der Waals surface area contributed by atoms with Crippen molar-refractivity contribution in [3.05, 3.63) is 0 Å². The van der Waals surface area contributed by atoms with E-state index in [0.717, 1.165) is 38.5 Å². The zero-order valence-corrected chi connectivity index (χ0v) is 12.6. The van der Waals surface area contributed by atoms with E-state index >= 15 is 0 Å². The SMILES string of the molecule is CC(C)CCCCC(=O)C(=O)CCCCC(C)C. The molecule has 0 radical (unpaired) electrons. The number of Topliss-reactive ketones (excluding diaryl/α,β-unsaturated/α-hetero) is 2. The van der Waals surface area contributed by atoms with Crippen LogP contribution in [0, 0.1) is 11.8 Å². The fourth-order valence-electron chi connectivity index (χ4n) is 1.96. The van der Waals surface area contributed by atoms with Crippen LogP contribution >= 0.6 is 0 Å². The van der Waals surface area contributed by atoms with Gasteiger partial charge in [-0.05, 0) is 24.7 Å². The van der Waals surface area contributed by atoms with E-state index in [1.54, 1.807) is 0 Å². The molecule has 0 amide bonds. The molecule has 2 heteroatoms. The minimum absolute atomic E-state index is 0.150. The molecule has 18 heavy (non-hydrogen) atoms. The fourth-order valence-corrected chi connectivity index (χ4v) is 1.96. The van der Waals surface area contributed by atoms with Crippen molar-refractivity contribution in [1.29, 1.82) is 0 Å². The molecule has 0 unspecified atom stereocenters. The highest BCUT2D eigenvalue weighted by Gasteiger charge is 2.12. The van der Waals surface area contributed by atoms with Gasteiger partial charge in [0.15, 0.2) is 11.6 Å². The van der Waals surface area contributed by atoms with Gasteiger partial charge in [-0.3, -0.25) is 9.59 Å². The Kier molecular flexibility index (Phi) is 9.90. The number of carbonyl (C=O) groups is 2. The van der Waals surface area contributed by atoms with Gasteiger partial charge in [0, 0.05) is 12.8 Å². The second-order valence-corrected chi connectivity index (χ2v) is 6.13. The summed E-state index contributed by atoms with van der Waals surface area (Å²) in [5.74, 6) is 1.07. The summed E-state index contributed by atoms with van der Waals surface area (Å²) in [4.78, 5) is 23.1. The Morgan fingerprint density at radius 2 is 1.00 bits per heavy atom. The third-order valence-electron chi connectivity index (χ3n) is 3.18. The van der Waals surface area contributed by atoms with Gasteiger partial charge in [0.1, 0.15) is 0 Å². The number of hydrogen-bond donors (Lipinski definition) is 0. The zero-order valence-electron chi connectivity index (χ0n) is 12.6. The lowest BCUT2D eigenvalue weighted by molar-refractivity contribution is -0.136. The van der Waals surface area contributed by atoms with Crippen molar-refractivity contribution in [2.24, 2.45) is 11.8 Å². The summed E-state index contributed by atoms with van der Waals surface area (Å²) in [6, 6.07) is 0. The van der Waals surface area contributed by atoms with Crippen LogP contribution in [0.5, 0.6) is 0 Å². The minimum Gasteiger partial charge on any atom is -0.291 e. The molecule has 0 aromatic carbocycles. The van der Waals surface area contributed by atoms with Gasteiger partial charge < -0.3 is 0 Å². The van der Waals surface area contributed by atoms with Crippen LogP contribution < -0.4 is 0 Å². The summed E-state index contributed by atoms with van der Waals surface area (Å²) in [7, 11) is 0. The first-order valence-corrected chi connectivity index (χ1v) is 7.49. The predicted octanol–water partition coefficient (Wildman–Crippen LogP) is 4.56. The average Bonchev–Trinajstić information content (AvgIpc) is 2.29. The van der Waals surface area contributed by atoms with Crippen LogP contribution in [-0.4, -0.2) is 11.6 Å². The lowest BCUT2D eigenvalue weighted by Gasteiger charge is -2.05. The summed E-state index contributed by atoms with van der Waals surface area (Å²) >= 11 is 0. The quantitative estimate of drug-likeness (QED) is 0.400. The molecule has 0 saturated carbocycles. The Morgan fingerprint density at radius 3 is 1.28 bits per heavy atom. The Labute approximate surface area is 113 Å². The van der Waals surface area contributed by atoms with Crippen LogP contribution in [0.3, 0.4) is 0 Å².